The smallest absolute Gasteiger partial charge is 0.475 e. The van der Waals surface area contributed by atoms with Crippen molar-refractivity contribution >= 4 is 11.9 Å². The zero-order valence-corrected chi connectivity index (χ0v) is 16.7. The van der Waals surface area contributed by atoms with E-state index in [0.717, 1.165) is 18.5 Å². The van der Waals surface area contributed by atoms with Crippen LogP contribution in [0.4, 0.5) is 17.6 Å². The van der Waals surface area contributed by atoms with Gasteiger partial charge in [0.15, 0.2) is 5.67 Å². The Labute approximate surface area is 176 Å². The van der Waals surface area contributed by atoms with E-state index in [2.05, 4.69) is 4.98 Å². The molecule has 1 amide bonds. The van der Waals surface area contributed by atoms with E-state index in [4.69, 9.17) is 19.4 Å². The van der Waals surface area contributed by atoms with Gasteiger partial charge in [0.05, 0.1) is 25.4 Å². The molecule has 172 valence electrons. The van der Waals surface area contributed by atoms with Crippen molar-refractivity contribution in [3.63, 3.8) is 0 Å². The molecule has 0 radical (unpaired) electrons. The summed E-state index contributed by atoms with van der Waals surface area (Å²) in [5.74, 6) is -2.72. The van der Waals surface area contributed by atoms with Gasteiger partial charge in [-0.05, 0) is 43.7 Å². The minimum absolute atomic E-state index is 0.269. The summed E-state index contributed by atoms with van der Waals surface area (Å²) >= 11 is 0. The fraction of sp³-hybridized carbons (Fsp3) is 0.650. The van der Waals surface area contributed by atoms with Crippen LogP contribution in [0, 0.1) is 5.92 Å². The summed E-state index contributed by atoms with van der Waals surface area (Å²) in [7, 11) is 0. The van der Waals surface area contributed by atoms with Crippen molar-refractivity contribution in [2.45, 2.75) is 49.7 Å². The number of aliphatic carboxylic acids is 1. The highest BCUT2D eigenvalue weighted by molar-refractivity contribution is 5.88. The molecule has 3 fully saturated rings. The number of nitrogens with zero attached hydrogens (tertiary/aromatic N) is 2. The highest BCUT2D eigenvalue weighted by Crippen LogP contribution is 2.47. The Kier molecular flexibility index (Phi) is 6.85. The third-order valence-corrected chi connectivity index (χ3v) is 5.71. The number of pyridine rings is 1. The van der Waals surface area contributed by atoms with Crippen molar-refractivity contribution in [3.05, 3.63) is 30.1 Å². The lowest BCUT2D eigenvalue weighted by atomic mass is 9.79. The van der Waals surface area contributed by atoms with Gasteiger partial charge in [0, 0.05) is 19.4 Å². The molecular weight excluding hydrogens is 424 g/mol. The summed E-state index contributed by atoms with van der Waals surface area (Å²) in [4.78, 5) is 26.8. The number of aromatic nitrogens is 1. The summed E-state index contributed by atoms with van der Waals surface area (Å²) in [6, 6.07) is 5.78. The lowest BCUT2D eigenvalue weighted by Crippen LogP contribution is -2.67. The van der Waals surface area contributed by atoms with Crippen LogP contribution in [0.1, 0.15) is 31.4 Å². The highest BCUT2D eigenvalue weighted by Gasteiger charge is 2.60. The van der Waals surface area contributed by atoms with E-state index in [-0.39, 0.29) is 11.5 Å². The number of rotatable bonds is 6. The van der Waals surface area contributed by atoms with Gasteiger partial charge in [0.25, 0.3) is 5.91 Å². The number of ether oxygens (including phenoxy) is 2. The van der Waals surface area contributed by atoms with Gasteiger partial charge in [0.2, 0.25) is 0 Å². The second-order valence-electron chi connectivity index (χ2n) is 7.99. The van der Waals surface area contributed by atoms with E-state index in [0.29, 0.717) is 51.7 Å². The van der Waals surface area contributed by atoms with Gasteiger partial charge in [0.1, 0.15) is 5.60 Å². The molecule has 1 aromatic rings. The van der Waals surface area contributed by atoms with Gasteiger partial charge in [-0.25, -0.2) is 9.18 Å². The van der Waals surface area contributed by atoms with E-state index >= 15 is 0 Å². The van der Waals surface area contributed by atoms with Gasteiger partial charge < -0.3 is 19.5 Å². The van der Waals surface area contributed by atoms with E-state index in [1.54, 1.807) is 11.1 Å². The fourth-order valence-corrected chi connectivity index (χ4v) is 3.78. The van der Waals surface area contributed by atoms with Crippen LogP contribution in [0.2, 0.25) is 0 Å². The van der Waals surface area contributed by atoms with Crippen LogP contribution >= 0.6 is 0 Å². The molecule has 1 saturated carbocycles. The molecule has 1 N–H and O–H groups in total. The van der Waals surface area contributed by atoms with Crippen LogP contribution in [0.15, 0.2) is 24.4 Å². The highest BCUT2D eigenvalue weighted by atomic mass is 19.4. The Morgan fingerprint density at radius 3 is 2.52 bits per heavy atom. The molecule has 2 saturated heterocycles. The molecule has 11 heteroatoms. The minimum Gasteiger partial charge on any atom is -0.475 e. The van der Waals surface area contributed by atoms with E-state index in [1.807, 2.05) is 18.2 Å². The Bertz CT molecular complexity index is 780. The molecule has 1 aromatic heterocycles. The third-order valence-electron chi connectivity index (χ3n) is 5.71. The Balaban J connectivity index is 0.000000339. The van der Waals surface area contributed by atoms with Crippen LogP contribution in [-0.2, 0) is 25.7 Å². The van der Waals surface area contributed by atoms with Crippen LogP contribution < -0.4 is 0 Å². The van der Waals surface area contributed by atoms with Crippen molar-refractivity contribution in [3.8, 4) is 0 Å². The van der Waals surface area contributed by atoms with Crippen LogP contribution in [-0.4, -0.2) is 70.6 Å². The van der Waals surface area contributed by atoms with Crippen LogP contribution in [0.3, 0.4) is 0 Å². The first-order chi connectivity index (χ1) is 14.6. The maximum atomic E-state index is 13.9. The first kappa shape index (κ1) is 23.4. The number of halogens is 4. The van der Waals surface area contributed by atoms with Gasteiger partial charge in [-0.1, -0.05) is 6.07 Å². The normalized spacial score (nSPS) is 23.0. The molecule has 3 heterocycles. The maximum Gasteiger partial charge on any atom is 0.490 e. The van der Waals surface area contributed by atoms with Crippen molar-refractivity contribution < 1.29 is 41.7 Å². The predicted octanol–water partition coefficient (Wildman–Crippen LogP) is 2.74. The molecule has 31 heavy (non-hydrogen) atoms. The third kappa shape index (κ3) is 5.70. The summed E-state index contributed by atoms with van der Waals surface area (Å²) in [5.41, 5.74) is -0.912. The molecule has 7 nitrogen and oxygen atoms in total. The number of carbonyl (C=O) groups excluding carboxylic acids is 1. The molecule has 1 unspecified atom stereocenters. The van der Waals surface area contributed by atoms with Gasteiger partial charge >= 0.3 is 12.1 Å². The molecule has 2 aliphatic heterocycles. The van der Waals surface area contributed by atoms with Crippen molar-refractivity contribution in [1.82, 2.24) is 9.88 Å². The van der Waals surface area contributed by atoms with Crippen molar-refractivity contribution in [2.75, 3.05) is 26.3 Å². The standard InChI is InChI=1S/C18H23FN2O3.C2HF3O2/c19-17(6-7-17)16(22)21-12-18(13-21)14(5-10-24-18)4-9-23-11-15-3-1-2-8-20-15;3-2(4,5)1(6)7/h1-3,8,14H,4-7,9-13H2;(H,6,7). The number of alkyl halides is 4. The van der Waals surface area contributed by atoms with Gasteiger partial charge in [-0.2, -0.15) is 13.2 Å². The van der Waals surface area contributed by atoms with E-state index < -0.39 is 17.8 Å². The number of carboxylic acids is 1. The average molecular weight is 448 g/mol. The monoisotopic (exact) mass is 448 g/mol. The number of likely N-dealkylation sites (tertiary alicyclic amines) is 1. The molecule has 1 atom stereocenters. The topological polar surface area (TPSA) is 89.0 Å². The molecule has 3 aliphatic rings. The lowest BCUT2D eigenvalue weighted by Gasteiger charge is -2.50. The zero-order chi connectivity index (χ0) is 22.7. The van der Waals surface area contributed by atoms with Crippen LogP contribution in [0.5, 0.6) is 0 Å². The Hall–Kier alpha value is -2.27. The Morgan fingerprint density at radius 1 is 1.29 bits per heavy atom. The van der Waals surface area contributed by atoms with Crippen LogP contribution in [0.25, 0.3) is 0 Å². The molecular formula is C20H24F4N2O5. The first-order valence-corrected chi connectivity index (χ1v) is 9.96. The van der Waals surface area contributed by atoms with Gasteiger partial charge in [-0.15, -0.1) is 0 Å². The first-order valence-electron chi connectivity index (χ1n) is 9.96. The largest absolute Gasteiger partial charge is 0.490 e. The van der Waals surface area contributed by atoms with Crippen molar-refractivity contribution in [1.29, 1.82) is 0 Å². The predicted molar refractivity (Wildman–Crippen MR) is 98.6 cm³/mol. The SMILES string of the molecule is O=C(N1CC2(C1)OCCC2CCOCc1ccccn1)C1(F)CC1.O=C(O)C(F)(F)F. The van der Waals surface area contributed by atoms with E-state index in [9.17, 15) is 22.4 Å². The molecule has 0 aromatic carbocycles. The average Bonchev–Trinajstić information content (AvgIpc) is 3.30. The summed E-state index contributed by atoms with van der Waals surface area (Å²) in [6.45, 7) is 2.93. The number of hydrogen-bond donors (Lipinski definition) is 1. The minimum atomic E-state index is -5.08. The second kappa shape index (κ2) is 9.07. The second-order valence-corrected chi connectivity index (χ2v) is 7.99. The number of amides is 1. The van der Waals surface area contributed by atoms with Crippen molar-refractivity contribution in [2.24, 2.45) is 5.92 Å². The quantitative estimate of drug-likeness (QED) is 0.532. The molecule has 4 rings (SSSR count). The maximum absolute atomic E-state index is 13.9. The summed E-state index contributed by atoms with van der Waals surface area (Å²) in [6.07, 6.45) is -0.691. The molecule has 1 aliphatic carbocycles. The number of carboxylic acid groups (broad SMARTS) is 1. The zero-order valence-electron chi connectivity index (χ0n) is 16.7. The molecule has 1 spiro atoms. The van der Waals surface area contributed by atoms with E-state index in [1.165, 1.54) is 0 Å². The number of carbonyl (C=O) groups is 2. The summed E-state index contributed by atoms with van der Waals surface area (Å²) in [5, 5.41) is 7.12. The number of hydrogen-bond acceptors (Lipinski definition) is 5. The summed E-state index contributed by atoms with van der Waals surface area (Å²) < 4.78 is 57.3. The van der Waals surface area contributed by atoms with Gasteiger partial charge in [-0.3, -0.25) is 9.78 Å². The Morgan fingerprint density at radius 2 is 1.97 bits per heavy atom. The fourth-order valence-electron chi connectivity index (χ4n) is 3.78. The lowest BCUT2D eigenvalue weighted by molar-refractivity contribution is -0.192. The molecule has 0 bridgehead atoms.